The van der Waals surface area contributed by atoms with Crippen LogP contribution < -0.4 is 4.90 Å². The molecule has 0 saturated carbocycles. The summed E-state index contributed by atoms with van der Waals surface area (Å²) in [5, 5.41) is 1.25. The number of aromatic nitrogens is 3. The normalized spacial score (nSPS) is 15.4. The fourth-order valence-electron chi connectivity index (χ4n) is 3.19. The third kappa shape index (κ3) is 2.34. The molecule has 22 heavy (non-hydrogen) atoms. The molecule has 0 amide bonds. The largest absolute Gasteiger partial charge is 0.351 e. The van der Waals surface area contributed by atoms with Gasteiger partial charge in [0.05, 0.1) is 0 Å². The second kappa shape index (κ2) is 5.44. The van der Waals surface area contributed by atoms with Crippen molar-refractivity contribution in [3.63, 3.8) is 0 Å². The van der Waals surface area contributed by atoms with Crippen LogP contribution in [0.5, 0.6) is 0 Å². The van der Waals surface area contributed by atoms with Crippen LogP contribution in [-0.4, -0.2) is 27.6 Å². The number of nitrogens with zero attached hydrogens (tertiary/aromatic N) is 4. The molecule has 0 spiro atoms. The van der Waals surface area contributed by atoms with Crippen LogP contribution in [0.25, 0.3) is 22.0 Å². The van der Waals surface area contributed by atoms with Gasteiger partial charge in [0.25, 0.3) is 0 Å². The number of anilines is 1. The minimum atomic E-state index is 0.865. The van der Waals surface area contributed by atoms with E-state index in [4.69, 9.17) is 0 Å². The quantitative estimate of drug-likeness (QED) is 0.723. The SMILES string of the molecule is Cn1ccc2cc(-c3cnc(N4CCCCC4)nc3)ccc21. The molecule has 1 aliphatic heterocycles. The molecule has 0 radical (unpaired) electrons. The van der Waals surface area contributed by atoms with E-state index < -0.39 is 0 Å². The number of rotatable bonds is 2. The predicted molar refractivity (Wildman–Crippen MR) is 90.0 cm³/mol. The van der Waals surface area contributed by atoms with Crippen molar-refractivity contribution in [1.29, 1.82) is 0 Å². The van der Waals surface area contributed by atoms with Crippen LogP contribution in [0.4, 0.5) is 5.95 Å². The minimum absolute atomic E-state index is 0.865. The van der Waals surface area contributed by atoms with E-state index in [2.05, 4.69) is 56.9 Å². The smallest absolute Gasteiger partial charge is 0.225 e. The molecule has 0 unspecified atom stereocenters. The number of hydrogen-bond donors (Lipinski definition) is 0. The highest BCUT2D eigenvalue weighted by molar-refractivity contribution is 5.85. The van der Waals surface area contributed by atoms with Crippen molar-refractivity contribution in [2.75, 3.05) is 18.0 Å². The third-order valence-electron chi connectivity index (χ3n) is 4.50. The lowest BCUT2D eigenvalue weighted by molar-refractivity contribution is 0.568. The number of piperidine rings is 1. The molecule has 3 aromatic rings. The van der Waals surface area contributed by atoms with Gasteiger partial charge in [0.1, 0.15) is 0 Å². The van der Waals surface area contributed by atoms with Gasteiger partial charge in [0, 0.05) is 55.2 Å². The van der Waals surface area contributed by atoms with E-state index in [1.54, 1.807) is 0 Å². The van der Waals surface area contributed by atoms with Crippen LogP contribution in [0.15, 0.2) is 42.9 Å². The Kier molecular flexibility index (Phi) is 3.29. The maximum Gasteiger partial charge on any atom is 0.225 e. The van der Waals surface area contributed by atoms with Gasteiger partial charge in [0.2, 0.25) is 5.95 Å². The van der Waals surface area contributed by atoms with Crippen LogP contribution in [0.1, 0.15) is 19.3 Å². The number of hydrogen-bond acceptors (Lipinski definition) is 3. The van der Waals surface area contributed by atoms with Gasteiger partial charge in [-0.1, -0.05) is 6.07 Å². The first-order valence-electron chi connectivity index (χ1n) is 7.94. The molecule has 0 bridgehead atoms. The van der Waals surface area contributed by atoms with Crippen LogP contribution in [-0.2, 0) is 7.05 Å². The van der Waals surface area contributed by atoms with E-state index >= 15 is 0 Å². The summed E-state index contributed by atoms with van der Waals surface area (Å²) in [6.07, 6.45) is 9.80. The molecule has 1 aliphatic rings. The van der Waals surface area contributed by atoms with Crippen molar-refractivity contribution >= 4 is 16.9 Å². The van der Waals surface area contributed by atoms with E-state index in [1.807, 2.05) is 12.4 Å². The van der Waals surface area contributed by atoms with Gasteiger partial charge in [-0.2, -0.15) is 0 Å². The number of aryl methyl sites for hydroxylation is 1. The first-order chi connectivity index (χ1) is 10.8. The summed E-state index contributed by atoms with van der Waals surface area (Å²) in [7, 11) is 2.07. The number of fused-ring (bicyclic) bond motifs is 1. The van der Waals surface area contributed by atoms with E-state index in [0.29, 0.717) is 0 Å². The second-order valence-corrected chi connectivity index (χ2v) is 6.02. The minimum Gasteiger partial charge on any atom is -0.351 e. The molecule has 1 saturated heterocycles. The molecule has 4 nitrogen and oxygen atoms in total. The van der Waals surface area contributed by atoms with Gasteiger partial charge in [-0.15, -0.1) is 0 Å². The molecular weight excluding hydrogens is 272 g/mol. The Balaban J connectivity index is 1.63. The Morgan fingerprint density at radius 3 is 2.45 bits per heavy atom. The summed E-state index contributed by atoms with van der Waals surface area (Å²) in [4.78, 5) is 11.4. The average Bonchev–Trinajstić information content (AvgIpc) is 2.96. The molecule has 0 N–H and O–H groups in total. The van der Waals surface area contributed by atoms with Crippen LogP contribution >= 0.6 is 0 Å². The maximum absolute atomic E-state index is 4.57. The first-order valence-corrected chi connectivity index (χ1v) is 7.94. The van der Waals surface area contributed by atoms with Crippen molar-refractivity contribution in [2.24, 2.45) is 7.05 Å². The Morgan fingerprint density at radius 2 is 1.68 bits per heavy atom. The van der Waals surface area contributed by atoms with Gasteiger partial charge in [-0.25, -0.2) is 9.97 Å². The number of benzene rings is 1. The highest BCUT2D eigenvalue weighted by Crippen LogP contribution is 2.25. The lowest BCUT2D eigenvalue weighted by Crippen LogP contribution is -2.30. The molecule has 2 aromatic heterocycles. The van der Waals surface area contributed by atoms with E-state index in [0.717, 1.165) is 24.6 Å². The second-order valence-electron chi connectivity index (χ2n) is 6.02. The zero-order chi connectivity index (χ0) is 14.9. The fourth-order valence-corrected chi connectivity index (χ4v) is 3.19. The monoisotopic (exact) mass is 292 g/mol. The molecule has 3 heterocycles. The van der Waals surface area contributed by atoms with Crippen molar-refractivity contribution < 1.29 is 0 Å². The standard InChI is InChI=1S/C18H20N4/c1-21-10-7-15-11-14(5-6-17(15)21)16-12-19-18(20-13-16)22-8-3-2-4-9-22/h5-7,10-13H,2-4,8-9H2,1H3. The fraction of sp³-hybridized carbons (Fsp3) is 0.333. The maximum atomic E-state index is 4.57. The molecular formula is C18H20N4. The zero-order valence-electron chi connectivity index (χ0n) is 12.9. The third-order valence-corrected chi connectivity index (χ3v) is 4.50. The van der Waals surface area contributed by atoms with Crippen LogP contribution in [0.3, 0.4) is 0 Å². The molecule has 1 aromatic carbocycles. The van der Waals surface area contributed by atoms with E-state index in [9.17, 15) is 0 Å². The van der Waals surface area contributed by atoms with Crippen molar-refractivity contribution in [3.8, 4) is 11.1 Å². The molecule has 0 aliphatic carbocycles. The average molecular weight is 292 g/mol. The van der Waals surface area contributed by atoms with Gasteiger partial charge in [-0.05, 0) is 43.0 Å². The highest BCUT2D eigenvalue weighted by Gasteiger charge is 2.13. The molecule has 4 heteroatoms. The summed E-state index contributed by atoms with van der Waals surface area (Å²) >= 11 is 0. The van der Waals surface area contributed by atoms with Crippen molar-refractivity contribution in [3.05, 3.63) is 42.9 Å². The van der Waals surface area contributed by atoms with Gasteiger partial charge in [-0.3, -0.25) is 0 Å². The lowest BCUT2D eigenvalue weighted by Gasteiger charge is -2.26. The van der Waals surface area contributed by atoms with Gasteiger partial charge >= 0.3 is 0 Å². The van der Waals surface area contributed by atoms with Crippen molar-refractivity contribution in [2.45, 2.75) is 19.3 Å². The zero-order valence-corrected chi connectivity index (χ0v) is 12.9. The highest BCUT2D eigenvalue weighted by atomic mass is 15.2. The summed E-state index contributed by atoms with van der Waals surface area (Å²) in [6, 6.07) is 8.64. The Hall–Kier alpha value is -2.36. The van der Waals surface area contributed by atoms with Gasteiger partial charge < -0.3 is 9.47 Å². The molecule has 112 valence electrons. The van der Waals surface area contributed by atoms with E-state index in [1.165, 1.54) is 35.7 Å². The summed E-state index contributed by atoms with van der Waals surface area (Å²) in [5.41, 5.74) is 3.49. The lowest BCUT2D eigenvalue weighted by atomic mass is 10.1. The molecule has 0 atom stereocenters. The molecule has 1 fully saturated rings. The predicted octanol–water partition coefficient (Wildman–Crippen LogP) is 3.63. The van der Waals surface area contributed by atoms with Crippen molar-refractivity contribution in [1.82, 2.24) is 14.5 Å². The van der Waals surface area contributed by atoms with E-state index in [-0.39, 0.29) is 0 Å². The summed E-state index contributed by atoms with van der Waals surface area (Å²) in [5.74, 6) is 0.865. The Bertz CT molecular complexity index is 782. The topological polar surface area (TPSA) is 34.0 Å². The first kappa shape index (κ1) is 13.3. The molecule has 4 rings (SSSR count). The summed E-state index contributed by atoms with van der Waals surface area (Å²) in [6.45, 7) is 2.16. The summed E-state index contributed by atoms with van der Waals surface area (Å²) < 4.78 is 2.13. The van der Waals surface area contributed by atoms with Crippen LogP contribution in [0.2, 0.25) is 0 Å². The van der Waals surface area contributed by atoms with Gasteiger partial charge in [0.15, 0.2) is 0 Å². The Labute approximate surface area is 130 Å². The Morgan fingerprint density at radius 1 is 0.909 bits per heavy atom. The van der Waals surface area contributed by atoms with Crippen LogP contribution in [0, 0.1) is 0 Å².